The molecule has 1 aliphatic rings. The quantitative estimate of drug-likeness (QED) is 0.473. The highest BCUT2D eigenvalue weighted by Gasteiger charge is 2.31. The smallest absolute Gasteiger partial charge is 0.242 e. The van der Waals surface area contributed by atoms with E-state index in [0.717, 1.165) is 17.0 Å². The fraction of sp³-hybridized carbons (Fsp3) is 0.375. The van der Waals surface area contributed by atoms with Gasteiger partial charge in [0, 0.05) is 25.7 Å². The first-order chi connectivity index (χ1) is 16.6. The minimum atomic E-state index is -0.350. The second kappa shape index (κ2) is 11.4. The van der Waals surface area contributed by atoms with Gasteiger partial charge in [0.2, 0.25) is 11.8 Å². The van der Waals surface area contributed by atoms with Crippen molar-refractivity contribution in [3.8, 4) is 5.75 Å². The van der Waals surface area contributed by atoms with Crippen molar-refractivity contribution in [2.45, 2.75) is 32.2 Å². The maximum atomic E-state index is 13.1. The van der Waals surface area contributed by atoms with Crippen LogP contribution in [0.4, 0.5) is 0 Å². The Kier molecular flexibility index (Phi) is 7.82. The van der Waals surface area contributed by atoms with Crippen LogP contribution in [0, 0.1) is 0 Å². The van der Waals surface area contributed by atoms with Gasteiger partial charge in [-0.25, -0.2) is 4.98 Å². The summed E-state index contributed by atoms with van der Waals surface area (Å²) in [6.45, 7) is 1.80. The van der Waals surface area contributed by atoms with E-state index >= 15 is 0 Å². The molecule has 10 nitrogen and oxygen atoms in total. The zero-order valence-corrected chi connectivity index (χ0v) is 19.1. The lowest BCUT2D eigenvalue weighted by atomic mass is 10.2. The van der Waals surface area contributed by atoms with Gasteiger partial charge in [0.15, 0.2) is 0 Å². The maximum Gasteiger partial charge on any atom is 0.242 e. The highest BCUT2D eigenvalue weighted by Crippen LogP contribution is 2.17. The van der Waals surface area contributed by atoms with E-state index in [9.17, 15) is 9.59 Å². The van der Waals surface area contributed by atoms with E-state index in [1.807, 2.05) is 42.5 Å². The third-order valence-electron chi connectivity index (χ3n) is 5.60. The number of rotatable bonds is 9. The van der Waals surface area contributed by atoms with Crippen LogP contribution in [0.15, 0.2) is 61.3 Å². The summed E-state index contributed by atoms with van der Waals surface area (Å²) >= 11 is 0. The van der Waals surface area contributed by atoms with Crippen LogP contribution >= 0.6 is 0 Å². The minimum Gasteiger partial charge on any atom is -0.497 e. The van der Waals surface area contributed by atoms with Crippen LogP contribution in [0.5, 0.6) is 5.75 Å². The number of benzene rings is 1. The number of carbonyl (C=O) groups excluding carboxylic acids is 2. The van der Waals surface area contributed by atoms with Crippen molar-refractivity contribution < 1.29 is 19.1 Å². The summed E-state index contributed by atoms with van der Waals surface area (Å²) in [5.74, 6) is 0.490. The Hall–Kier alpha value is -3.79. The first-order valence-electron chi connectivity index (χ1n) is 11.1. The Morgan fingerprint density at radius 3 is 2.85 bits per heavy atom. The number of carbonyl (C=O) groups is 2. The van der Waals surface area contributed by atoms with Crippen LogP contribution in [0.1, 0.15) is 17.7 Å². The highest BCUT2D eigenvalue weighted by atomic mass is 16.5. The van der Waals surface area contributed by atoms with Crippen molar-refractivity contribution in [3.05, 3.63) is 72.6 Å². The Balaban J connectivity index is 1.46. The number of ether oxygens (including phenoxy) is 2. The number of aromatic nitrogens is 4. The van der Waals surface area contributed by atoms with E-state index in [-0.39, 0.29) is 30.9 Å². The van der Waals surface area contributed by atoms with Crippen LogP contribution in [0.25, 0.3) is 0 Å². The summed E-state index contributed by atoms with van der Waals surface area (Å²) in [6.07, 6.45) is 4.57. The molecule has 3 aromatic rings. The van der Waals surface area contributed by atoms with E-state index in [1.54, 1.807) is 34.1 Å². The summed E-state index contributed by atoms with van der Waals surface area (Å²) in [4.78, 5) is 37.6. The molecule has 1 fully saturated rings. The standard InChI is InChI=1S/C24H28N6O4/c1-33-21-7-4-5-19(11-21)16-34-22-13-28(12-20-6-2-3-9-26-20)24(32)15-29(14-22)23(31)8-10-30-18-25-17-27-30/h2-7,9,11,17-18,22H,8,10,12-16H2,1H3/t22-/m0/s1. The molecule has 10 heteroatoms. The third kappa shape index (κ3) is 6.38. The van der Waals surface area contributed by atoms with E-state index in [0.29, 0.717) is 32.8 Å². The van der Waals surface area contributed by atoms with Gasteiger partial charge >= 0.3 is 0 Å². The summed E-state index contributed by atoms with van der Waals surface area (Å²) in [5, 5.41) is 4.04. The van der Waals surface area contributed by atoms with Crippen LogP contribution in [-0.2, 0) is 34.0 Å². The molecule has 1 aliphatic heterocycles. The summed E-state index contributed by atoms with van der Waals surface area (Å²) in [6, 6.07) is 13.3. The van der Waals surface area contributed by atoms with E-state index in [1.165, 1.54) is 6.33 Å². The topological polar surface area (TPSA) is 103 Å². The Morgan fingerprint density at radius 2 is 2.09 bits per heavy atom. The SMILES string of the molecule is COc1cccc(CO[C@@H]2CN(C(=O)CCn3cncn3)CC(=O)N(Cc3ccccn3)C2)c1. The number of hydrogen-bond donors (Lipinski definition) is 0. The molecule has 2 aromatic heterocycles. The Morgan fingerprint density at radius 1 is 1.18 bits per heavy atom. The van der Waals surface area contributed by atoms with Gasteiger partial charge in [0.05, 0.1) is 45.1 Å². The first kappa shape index (κ1) is 23.4. The molecular weight excluding hydrogens is 436 g/mol. The molecule has 2 amide bonds. The van der Waals surface area contributed by atoms with Gasteiger partial charge in [-0.15, -0.1) is 0 Å². The van der Waals surface area contributed by atoms with Gasteiger partial charge < -0.3 is 19.3 Å². The molecule has 0 radical (unpaired) electrons. The zero-order valence-electron chi connectivity index (χ0n) is 19.1. The number of hydrogen-bond acceptors (Lipinski definition) is 7. The molecule has 4 rings (SSSR count). The zero-order chi connectivity index (χ0) is 23.8. The molecule has 1 aromatic carbocycles. The van der Waals surface area contributed by atoms with Crippen molar-refractivity contribution in [2.75, 3.05) is 26.7 Å². The molecule has 1 atom stereocenters. The molecule has 3 heterocycles. The van der Waals surface area contributed by atoms with Gasteiger partial charge in [-0.1, -0.05) is 18.2 Å². The normalized spacial score (nSPS) is 16.4. The molecule has 0 bridgehead atoms. The minimum absolute atomic E-state index is 0.00203. The van der Waals surface area contributed by atoms with Crippen molar-refractivity contribution >= 4 is 11.8 Å². The Labute approximate surface area is 198 Å². The summed E-state index contributed by atoms with van der Waals surface area (Å²) in [5.41, 5.74) is 1.74. The summed E-state index contributed by atoms with van der Waals surface area (Å²) < 4.78 is 13.1. The Bertz CT molecular complexity index is 1080. The van der Waals surface area contributed by atoms with Crippen molar-refractivity contribution in [2.24, 2.45) is 0 Å². The predicted octanol–water partition coefficient (Wildman–Crippen LogP) is 1.53. The lowest BCUT2D eigenvalue weighted by Gasteiger charge is -2.25. The molecule has 1 saturated heterocycles. The second-order valence-corrected chi connectivity index (χ2v) is 8.06. The van der Waals surface area contributed by atoms with Crippen molar-refractivity contribution in [3.63, 3.8) is 0 Å². The molecule has 34 heavy (non-hydrogen) atoms. The van der Waals surface area contributed by atoms with Gasteiger partial charge in [-0.3, -0.25) is 19.3 Å². The fourth-order valence-corrected chi connectivity index (χ4v) is 3.81. The lowest BCUT2D eigenvalue weighted by molar-refractivity contribution is -0.139. The monoisotopic (exact) mass is 464 g/mol. The number of aryl methyl sites for hydroxylation is 1. The number of nitrogens with zero attached hydrogens (tertiary/aromatic N) is 6. The van der Waals surface area contributed by atoms with Crippen LogP contribution < -0.4 is 4.74 Å². The molecule has 0 unspecified atom stereocenters. The van der Waals surface area contributed by atoms with Crippen LogP contribution in [-0.4, -0.2) is 74.2 Å². The van der Waals surface area contributed by atoms with Gasteiger partial charge in [0.1, 0.15) is 18.4 Å². The number of pyridine rings is 1. The van der Waals surface area contributed by atoms with Crippen molar-refractivity contribution in [1.29, 1.82) is 0 Å². The predicted molar refractivity (Wildman–Crippen MR) is 122 cm³/mol. The van der Waals surface area contributed by atoms with E-state index < -0.39 is 0 Å². The summed E-state index contributed by atoms with van der Waals surface area (Å²) in [7, 11) is 1.62. The van der Waals surface area contributed by atoms with Crippen LogP contribution in [0.2, 0.25) is 0 Å². The molecule has 0 aliphatic carbocycles. The van der Waals surface area contributed by atoms with Gasteiger partial charge in [-0.2, -0.15) is 5.10 Å². The number of amides is 2. The molecule has 0 spiro atoms. The van der Waals surface area contributed by atoms with E-state index in [2.05, 4.69) is 15.1 Å². The second-order valence-electron chi connectivity index (χ2n) is 8.06. The number of methoxy groups -OCH3 is 1. The van der Waals surface area contributed by atoms with E-state index in [4.69, 9.17) is 9.47 Å². The maximum absolute atomic E-state index is 13.1. The van der Waals surface area contributed by atoms with Crippen LogP contribution in [0.3, 0.4) is 0 Å². The first-order valence-corrected chi connectivity index (χ1v) is 11.1. The fourth-order valence-electron chi connectivity index (χ4n) is 3.81. The molecule has 0 N–H and O–H groups in total. The molecular formula is C24H28N6O4. The van der Waals surface area contributed by atoms with Gasteiger partial charge in [0.25, 0.3) is 0 Å². The molecule has 178 valence electrons. The molecule has 0 saturated carbocycles. The average Bonchev–Trinajstić information content (AvgIpc) is 3.34. The average molecular weight is 465 g/mol. The third-order valence-corrected chi connectivity index (χ3v) is 5.60. The highest BCUT2D eigenvalue weighted by molar-refractivity contribution is 5.85. The van der Waals surface area contributed by atoms with Gasteiger partial charge in [-0.05, 0) is 29.8 Å². The van der Waals surface area contributed by atoms with Crippen molar-refractivity contribution in [1.82, 2.24) is 29.5 Å². The lowest BCUT2D eigenvalue weighted by Crippen LogP contribution is -2.40. The largest absolute Gasteiger partial charge is 0.497 e.